The van der Waals surface area contributed by atoms with Gasteiger partial charge >= 0.3 is 6.18 Å². The summed E-state index contributed by atoms with van der Waals surface area (Å²) in [5.74, 6) is 1.75. The van der Waals surface area contributed by atoms with Crippen molar-refractivity contribution < 1.29 is 13.2 Å². The summed E-state index contributed by atoms with van der Waals surface area (Å²) >= 11 is 4.85. The number of nitrogens with one attached hydrogen (secondary N) is 1. The van der Waals surface area contributed by atoms with Crippen LogP contribution in [0.5, 0.6) is 0 Å². The molecule has 1 aromatic rings. The maximum Gasteiger partial charge on any atom is 0.416 e. The van der Waals surface area contributed by atoms with Crippen LogP contribution in [0.15, 0.2) is 35.3 Å². The van der Waals surface area contributed by atoms with E-state index in [1.165, 1.54) is 6.07 Å². The molecule has 0 aliphatic carbocycles. The van der Waals surface area contributed by atoms with Gasteiger partial charge in [-0.2, -0.15) is 24.9 Å². The van der Waals surface area contributed by atoms with Crippen LogP contribution in [0.25, 0.3) is 0 Å². The molecule has 1 nitrogen and oxygen atoms in total. The Bertz CT molecular complexity index is 407. The van der Waals surface area contributed by atoms with E-state index in [4.69, 9.17) is 0 Å². The topological polar surface area (TPSA) is 12.0 Å². The van der Waals surface area contributed by atoms with Crippen LogP contribution < -0.4 is 5.32 Å². The first-order chi connectivity index (χ1) is 8.45. The third kappa shape index (κ3) is 4.94. The van der Waals surface area contributed by atoms with Gasteiger partial charge < -0.3 is 5.32 Å². The van der Waals surface area contributed by atoms with Crippen LogP contribution in [-0.4, -0.2) is 18.1 Å². The first-order valence-corrected chi connectivity index (χ1v) is 7.19. The minimum Gasteiger partial charge on any atom is -0.383 e. The lowest BCUT2D eigenvalue weighted by Gasteiger charge is -2.11. The highest BCUT2D eigenvalue weighted by Gasteiger charge is 2.30. The van der Waals surface area contributed by atoms with Crippen LogP contribution in [0.3, 0.4) is 0 Å². The van der Waals surface area contributed by atoms with Crippen LogP contribution in [0, 0.1) is 0 Å². The van der Waals surface area contributed by atoms with E-state index in [2.05, 4.69) is 27.8 Å². The molecular formula is C12H13BrF3NS. The maximum atomic E-state index is 12.4. The highest BCUT2D eigenvalue weighted by atomic mass is 79.9. The number of anilines is 1. The second kappa shape index (κ2) is 7.09. The van der Waals surface area contributed by atoms with E-state index >= 15 is 0 Å². The molecule has 0 heterocycles. The van der Waals surface area contributed by atoms with Crippen molar-refractivity contribution in [3.8, 4) is 0 Å². The quantitative estimate of drug-likeness (QED) is 0.590. The number of halogens is 4. The Morgan fingerprint density at radius 1 is 1.39 bits per heavy atom. The van der Waals surface area contributed by atoms with Crippen molar-refractivity contribution in [2.45, 2.75) is 6.18 Å². The van der Waals surface area contributed by atoms with Gasteiger partial charge in [-0.05, 0) is 34.1 Å². The number of benzene rings is 1. The molecule has 0 amide bonds. The maximum absolute atomic E-state index is 12.4. The molecule has 0 aliphatic heterocycles. The smallest absolute Gasteiger partial charge is 0.383 e. The van der Waals surface area contributed by atoms with E-state index in [-0.39, 0.29) is 0 Å². The summed E-state index contributed by atoms with van der Waals surface area (Å²) in [5, 5.41) is 3.08. The van der Waals surface area contributed by atoms with Gasteiger partial charge in [0, 0.05) is 28.2 Å². The molecule has 0 fully saturated rings. The monoisotopic (exact) mass is 339 g/mol. The molecular weight excluding hydrogens is 327 g/mol. The molecule has 18 heavy (non-hydrogen) atoms. The first kappa shape index (κ1) is 15.4. The third-order valence-electron chi connectivity index (χ3n) is 2.09. The van der Waals surface area contributed by atoms with Gasteiger partial charge in [-0.15, -0.1) is 6.58 Å². The first-order valence-electron chi connectivity index (χ1n) is 5.24. The van der Waals surface area contributed by atoms with Crippen molar-refractivity contribution in [3.63, 3.8) is 0 Å². The van der Waals surface area contributed by atoms with Crippen molar-refractivity contribution in [2.75, 3.05) is 23.4 Å². The Labute approximate surface area is 117 Å². The molecule has 0 radical (unpaired) electrons. The van der Waals surface area contributed by atoms with E-state index in [9.17, 15) is 13.2 Å². The van der Waals surface area contributed by atoms with Crippen LogP contribution in [0.2, 0.25) is 0 Å². The summed E-state index contributed by atoms with van der Waals surface area (Å²) in [7, 11) is 0. The second-order valence-electron chi connectivity index (χ2n) is 3.48. The Hall–Kier alpha value is -0.620. The molecule has 1 N–H and O–H groups in total. The van der Waals surface area contributed by atoms with Gasteiger partial charge in [0.1, 0.15) is 0 Å². The molecule has 0 atom stereocenters. The van der Waals surface area contributed by atoms with Crippen LogP contribution >= 0.6 is 27.7 Å². The average molecular weight is 340 g/mol. The van der Waals surface area contributed by atoms with Crippen molar-refractivity contribution >= 4 is 33.4 Å². The van der Waals surface area contributed by atoms with Gasteiger partial charge in [0.25, 0.3) is 0 Å². The van der Waals surface area contributed by atoms with Crippen molar-refractivity contribution in [3.05, 3.63) is 40.9 Å². The zero-order chi connectivity index (χ0) is 13.6. The summed E-state index contributed by atoms with van der Waals surface area (Å²) in [5.41, 5.74) is 0.0168. The lowest BCUT2D eigenvalue weighted by atomic mass is 10.2. The molecule has 0 aliphatic rings. The van der Waals surface area contributed by atoms with Crippen LogP contribution in [0.4, 0.5) is 18.9 Å². The number of hydrogen-bond acceptors (Lipinski definition) is 2. The highest BCUT2D eigenvalue weighted by Crippen LogP contribution is 2.33. The summed E-state index contributed by atoms with van der Waals surface area (Å²) in [4.78, 5) is 0. The number of alkyl halides is 3. The predicted octanol–water partition coefficient (Wildman–Crippen LogP) is 4.80. The molecule has 0 bridgehead atoms. The second-order valence-corrected chi connectivity index (χ2v) is 5.49. The molecule has 100 valence electrons. The minimum atomic E-state index is -4.30. The lowest BCUT2D eigenvalue weighted by Crippen LogP contribution is -2.08. The molecule has 0 unspecified atom stereocenters. The van der Waals surface area contributed by atoms with E-state index in [0.717, 1.165) is 23.6 Å². The molecule has 1 rings (SSSR count). The standard InChI is InChI=1S/C12H13BrF3NS/c1-2-6-18-7-5-17-11-4-3-9(8-10(11)13)12(14,15)16/h2-4,8,17H,1,5-7H2. The molecule has 0 spiro atoms. The minimum absolute atomic E-state index is 0.422. The fraction of sp³-hybridized carbons (Fsp3) is 0.333. The van der Waals surface area contributed by atoms with Gasteiger partial charge in [-0.25, -0.2) is 0 Å². The van der Waals surface area contributed by atoms with Crippen molar-refractivity contribution in [1.29, 1.82) is 0 Å². The predicted molar refractivity (Wildman–Crippen MR) is 75.2 cm³/mol. The normalized spacial score (nSPS) is 11.3. The molecule has 0 saturated carbocycles. The molecule has 6 heteroatoms. The van der Waals surface area contributed by atoms with E-state index in [1.54, 1.807) is 11.8 Å². The van der Waals surface area contributed by atoms with Crippen molar-refractivity contribution in [1.82, 2.24) is 0 Å². The molecule has 0 aromatic heterocycles. The fourth-order valence-corrected chi connectivity index (χ4v) is 2.36. The van der Waals surface area contributed by atoms with Crippen molar-refractivity contribution in [2.24, 2.45) is 0 Å². The van der Waals surface area contributed by atoms with E-state index in [0.29, 0.717) is 16.7 Å². The van der Waals surface area contributed by atoms with E-state index < -0.39 is 11.7 Å². The van der Waals surface area contributed by atoms with Gasteiger partial charge in [-0.3, -0.25) is 0 Å². The Morgan fingerprint density at radius 3 is 2.67 bits per heavy atom. The largest absolute Gasteiger partial charge is 0.416 e. The third-order valence-corrected chi connectivity index (χ3v) is 3.71. The fourth-order valence-electron chi connectivity index (χ4n) is 1.26. The van der Waals surface area contributed by atoms with Crippen LogP contribution in [-0.2, 0) is 6.18 Å². The van der Waals surface area contributed by atoms with Gasteiger partial charge in [0.2, 0.25) is 0 Å². The summed E-state index contributed by atoms with van der Waals surface area (Å²) < 4.78 is 37.7. The van der Waals surface area contributed by atoms with Gasteiger partial charge in [0.15, 0.2) is 0 Å². The summed E-state index contributed by atoms with van der Waals surface area (Å²) in [6, 6.07) is 3.59. The van der Waals surface area contributed by atoms with E-state index in [1.807, 2.05) is 6.08 Å². The number of thioether (sulfide) groups is 1. The van der Waals surface area contributed by atoms with Gasteiger partial charge in [-0.1, -0.05) is 6.08 Å². The number of rotatable bonds is 6. The molecule has 0 saturated heterocycles. The SMILES string of the molecule is C=CCSCCNc1ccc(C(F)(F)F)cc1Br. The number of hydrogen-bond donors (Lipinski definition) is 1. The lowest BCUT2D eigenvalue weighted by molar-refractivity contribution is -0.137. The average Bonchev–Trinajstić information content (AvgIpc) is 2.29. The zero-order valence-electron chi connectivity index (χ0n) is 9.56. The Morgan fingerprint density at radius 2 is 2.11 bits per heavy atom. The summed E-state index contributed by atoms with van der Waals surface area (Å²) in [6.07, 6.45) is -2.49. The Balaban J connectivity index is 2.55. The zero-order valence-corrected chi connectivity index (χ0v) is 12.0. The van der Waals surface area contributed by atoms with Crippen LogP contribution in [0.1, 0.15) is 5.56 Å². The highest BCUT2D eigenvalue weighted by molar-refractivity contribution is 9.10. The molecule has 1 aromatic carbocycles. The summed E-state index contributed by atoms with van der Waals surface area (Å²) in [6.45, 7) is 4.30. The Kier molecular flexibility index (Phi) is 6.08. The van der Waals surface area contributed by atoms with Gasteiger partial charge in [0.05, 0.1) is 5.56 Å².